The second-order valence-corrected chi connectivity index (χ2v) is 4.13. The number of ether oxygens (including phenoxy) is 1. The first kappa shape index (κ1) is 13.7. The SMILES string of the molecule is CCCC(C)Oc1nc(CC)nc(NN)c1C. The number of nitrogen functional groups attached to an aromatic ring is 1. The van der Waals surface area contributed by atoms with Crippen LogP contribution in [0, 0.1) is 6.92 Å². The number of hydrogen-bond donors (Lipinski definition) is 2. The van der Waals surface area contributed by atoms with Crippen molar-refractivity contribution < 1.29 is 4.74 Å². The molecule has 0 aliphatic rings. The highest BCUT2D eigenvalue weighted by molar-refractivity contribution is 5.47. The van der Waals surface area contributed by atoms with Crippen molar-refractivity contribution in [2.24, 2.45) is 5.84 Å². The summed E-state index contributed by atoms with van der Waals surface area (Å²) in [6.45, 7) is 8.09. The molecule has 1 heterocycles. The highest BCUT2D eigenvalue weighted by Gasteiger charge is 2.13. The maximum absolute atomic E-state index is 5.82. The van der Waals surface area contributed by atoms with Crippen molar-refractivity contribution in [3.63, 3.8) is 0 Å². The van der Waals surface area contributed by atoms with Crippen molar-refractivity contribution in [2.45, 2.75) is 53.1 Å². The van der Waals surface area contributed by atoms with Crippen molar-refractivity contribution in [1.82, 2.24) is 9.97 Å². The molecule has 3 N–H and O–H groups in total. The smallest absolute Gasteiger partial charge is 0.222 e. The van der Waals surface area contributed by atoms with Gasteiger partial charge in [0.25, 0.3) is 0 Å². The van der Waals surface area contributed by atoms with Crippen molar-refractivity contribution in [3.8, 4) is 5.88 Å². The summed E-state index contributed by atoms with van der Waals surface area (Å²) in [7, 11) is 0. The van der Waals surface area contributed by atoms with Gasteiger partial charge in [-0.05, 0) is 20.3 Å². The summed E-state index contributed by atoms with van der Waals surface area (Å²) in [6, 6.07) is 0. The molecule has 0 saturated heterocycles. The Morgan fingerprint density at radius 2 is 2.06 bits per heavy atom. The molecule has 0 aliphatic carbocycles. The van der Waals surface area contributed by atoms with Crippen molar-refractivity contribution in [1.29, 1.82) is 0 Å². The van der Waals surface area contributed by atoms with Gasteiger partial charge in [-0.2, -0.15) is 4.98 Å². The molecule has 5 heteroatoms. The summed E-state index contributed by atoms with van der Waals surface area (Å²) in [6.07, 6.45) is 3.02. The Morgan fingerprint density at radius 3 is 2.59 bits per heavy atom. The number of hydrazine groups is 1. The second kappa shape index (κ2) is 6.39. The molecular formula is C12H22N4O. The fourth-order valence-electron chi connectivity index (χ4n) is 1.61. The van der Waals surface area contributed by atoms with Gasteiger partial charge in [0, 0.05) is 6.42 Å². The van der Waals surface area contributed by atoms with E-state index in [0.29, 0.717) is 11.7 Å². The molecule has 0 amide bonds. The molecule has 1 unspecified atom stereocenters. The third-order valence-corrected chi connectivity index (χ3v) is 2.61. The maximum atomic E-state index is 5.82. The van der Waals surface area contributed by atoms with Crippen LogP contribution in [0.3, 0.4) is 0 Å². The van der Waals surface area contributed by atoms with E-state index in [9.17, 15) is 0 Å². The van der Waals surface area contributed by atoms with E-state index in [0.717, 1.165) is 30.7 Å². The average Bonchev–Trinajstić information content (AvgIpc) is 2.32. The fourth-order valence-corrected chi connectivity index (χ4v) is 1.61. The Labute approximate surface area is 103 Å². The van der Waals surface area contributed by atoms with E-state index in [1.165, 1.54) is 0 Å². The van der Waals surface area contributed by atoms with E-state index < -0.39 is 0 Å². The zero-order valence-electron chi connectivity index (χ0n) is 11.1. The largest absolute Gasteiger partial charge is 0.474 e. The van der Waals surface area contributed by atoms with Crippen molar-refractivity contribution in [3.05, 3.63) is 11.4 Å². The second-order valence-electron chi connectivity index (χ2n) is 4.13. The summed E-state index contributed by atoms with van der Waals surface area (Å²) < 4.78 is 5.82. The average molecular weight is 238 g/mol. The predicted molar refractivity (Wildman–Crippen MR) is 69.0 cm³/mol. The molecular weight excluding hydrogens is 216 g/mol. The molecule has 0 saturated carbocycles. The van der Waals surface area contributed by atoms with E-state index in [1.54, 1.807) is 0 Å². The molecule has 0 aromatic carbocycles. The monoisotopic (exact) mass is 238 g/mol. The third-order valence-electron chi connectivity index (χ3n) is 2.61. The van der Waals surface area contributed by atoms with Gasteiger partial charge in [-0.25, -0.2) is 10.8 Å². The predicted octanol–water partition coefficient (Wildman–Crippen LogP) is 2.20. The lowest BCUT2D eigenvalue weighted by molar-refractivity contribution is 0.199. The third kappa shape index (κ3) is 3.56. The van der Waals surface area contributed by atoms with Gasteiger partial charge in [-0.1, -0.05) is 20.3 Å². The zero-order chi connectivity index (χ0) is 12.8. The molecule has 0 bridgehead atoms. The zero-order valence-corrected chi connectivity index (χ0v) is 11.1. The molecule has 1 rings (SSSR count). The Morgan fingerprint density at radius 1 is 1.35 bits per heavy atom. The normalized spacial score (nSPS) is 12.3. The molecule has 0 radical (unpaired) electrons. The van der Waals surface area contributed by atoms with Crippen LogP contribution < -0.4 is 16.0 Å². The Bertz CT molecular complexity index is 368. The van der Waals surface area contributed by atoms with Gasteiger partial charge >= 0.3 is 0 Å². The molecule has 0 spiro atoms. The van der Waals surface area contributed by atoms with Crippen LogP contribution in [0.1, 0.15) is 45.0 Å². The van der Waals surface area contributed by atoms with Crippen LogP contribution in [0.25, 0.3) is 0 Å². The lowest BCUT2D eigenvalue weighted by atomic mass is 10.2. The van der Waals surface area contributed by atoms with Crippen LogP contribution >= 0.6 is 0 Å². The number of hydrogen-bond acceptors (Lipinski definition) is 5. The Balaban J connectivity index is 2.96. The molecule has 0 fully saturated rings. The number of nitrogens with one attached hydrogen (secondary N) is 1. The molecule has 1 atom stereocenters. The molecule has 17 heavy (non-hydrogen) atoms. The van der Waals surface area contributed by atoms with Gasteiger partial charge in [0.05, 0.1) is 11.7 Å². The van der Waals surface area contributed by atoms with Crippen LogP contribution in [0.2, 0.25) is 0 Å². The van der Waals surface area contributed by atoms with Gasteiger partial charge in [-0.3, -0.25) is 0 Å². The fraction of sp³-hybridized carbons (Fsp3) is 0.667. The summed E-state index contributed by atoms with van der Waals surface area (Å²) in [5.41, 5.74) is 3.44. The number of anilines is 1. The number of nitrogens with zero attached hydrogens (tertiary/aromatic N) is 2. The Kier molecular flexibility index (Phi) is 5.15. The summed E-state index contributed by atoms with van der Waals surface area (Å²) in [5.74, 6) is 7.44. The minimum absolute atomic E-state index is 0.156. The first-order valence-electron chi connectivity index (χ1n) is 6.13. The standard InChI is InChI=1S/C12H22N4O/c1-5-7-8(3)17-12-9(4)11(16-13)14-10(6-2)15-12/h8H,5-7,13H2,1-4H3,(H,14,15,16). The van der Waals surface area contributed by atoms with Crippen LogP contribution in [0.4, 0.5) is 5.82 Å². The minimum atomic E-state index is 0.156. The number of rotatable bonds is 6. The topological polar surface area (TPSA) is 73.1 Å². The van der Waals surface area contributed by atoms with E-state index in [1.807, 2.05) is 20.8 Å². The van der Waals surface area contributed by atoms with E-state index in [4.69, 9.17) is 10.6 Å². The highest BCUT2D eigenvalue weighted by atomic mass is 16.5. The van der Waals surface area contributed by atoms with Crippen LogP contribution in [0.5, 0.6) is 5.88 Å². The summed E-state index contributed by atoms with van der Waals surface area (Å²) >= 11 is 0. The van der Waals surface area contributed by atoms with Gasteiger partial charge in [-0.15, -0.1) is 0 Å². The first-order valence-corrected chi connectivity index (χ1v) is 6.13. The van der Waals surface area contributed by atoms with Crippen molar-refractivity contribution in [2.75, 3.05) is 5.43 Å². The molecule has 96 valence electrons. The molecule has 1 aromatic rings. The van der Waals surface area contributed by atoms with Gasteiger partial charge in [0.1, 0.15) is 11.6 Å². The summed E-state index contributed by atoms with van der Waals surface area (Å²) in [4.78, 5) is 8.69. The van der Waals surface area contributed by atoms with E-state index >= 15 is 0 Å². The first-order chi connectivity index (χ1) is 8.12. The lowest BCUT2D eigenvalue weighted by Crippen LogP contribution is -2.17. The molecule has 0 aliphatic heterocycles. The highest BCUT2D eigenvalue weighted by Crippen LogP contribution is 2.23. The number of aromatic nitrogens is 2. The van der Waals surface area contributed by atoms with E-state index in [-0.39, 0.29) is 6.10 Å². The summed E-state index contributed by atoms with van der Waals surface area (Å²) in [5, 5.41) is 0. The number of nitrogens with two attached hydrogens (primary N) is 1. The minimum Gasteiger partial charge on any atom is -0.474 e. The van der Waals surface area contributed by atoms with E-state index in [2.05, 4.69) is 22.3 Å². The molecule has 1 aromatic heterocycles. The van der Waals surface area contributed by atoms with Crippen LogP contribution in [0.15, 0.2) is 0 Å². The number of aryl methyl sites for hydroxylation is 1. The van der Waals surface area contributed by atoms with Crippen LogP contribution in [-0.2, 0) is 6.42 Å². The quantitative estimate of drug-likeness (QED) is 0.587. The Hall–Kier alpha value is -1.36. The lowest BCUT2D eigenvalue weighted by Gasteiger charge is -2.16. The van der Waals surface area contributed by atoms with Gasteiger partial charge in [0.15, 0.2) is 0 Å². The van der Waals surface area contributed by atoms with Gasteiger partial charge in [0.2, 0.25) is 5.88 Å². The molecule has 5 nitrogen and oxygen atoms in total. The van der Waals surface area contributed by atoms with Crippen LogP contribution in [-0.4, -0.2) is 16.1 Å². The van der Waals surface area contributed by atoms with Crippen molar-refractivity contribution >= 4 is 5.82 Å². The maximum Gasteiger partial charge on any atom is 0.222 e. The van der Waals surface area contributed by atoms with Gasteiger partial charge < -0.3 is 10.2 Å².